The number of esters is 1. The second-order valence-corrected chi connectivity index (χ2v) is 6.25. The molecule has 0 unspecified atom stereocenters. The third kappa shape index (κ3) is 3.91. The summed E-state index contributed by atoms with van der Waals surface area (Å²) < 4.78 is 4.73. The zero-order valence-electron chi connectivity index (χ0n) is 12.1. The smallest absolute Gasteiger partial charge is 0.356 e. The first-order valence-electron chi connectivity index (χ1n) is 6.44. The van der Waals surface area contributed by atoms with Crippen molar-refractivity contribution in [3.8, 4) is 0 Å². The van der Waals surface area contributed by atoms with E-state index in [0.29, 0.717) is 27.2 Å². The van der Waals surface area contributed by atoms with Crippen LogP contribution in [0.5, 0.6) is 0 Å². The van der Waals surface area contributed by atoms with Gasteiger partial charge in [0, 0.05) is 29.5 Å². The molecule has 4 nitrogen and oxygen atoms in total. The van der Waals surface area contributed by atoms with Crippen LogP contribution in [0.25, 0.3) is 0 Å². The second kappa shape index (κ2) is 7.81. The van der Waals surface area contributed by atoms with Gasteiger partial charge in [-0.1, -0.05) is 29.3 Å². The molecule has 2 aromatic heterocycles. The third-order valence-electron chi connectivity index (χ3n) is 3.02. The number of carbonyl (C=O) groups excluding carboxylic acids is 1. The first-order chi connectivity index (χ1) is 10.5. The van der Waals surface area contributed by atoms with Gasteiger partial charge in [-0.15, -0.1) is 0 Å². The molecular formula is C15H14Cl2N2O2S. The number of hydrogen-bond donors (Lipinski definition) is 0. The molecule has 116 valence electrons. The molecule has 0 N–H and O–H groups in total. The summed E-state index contributed by atoms with van der Waals surface area (Å²) in [4.78, 5) is 19.9. The molecule has 2 aromatic rings. The summed E-state index contributed by atoms with van der Waals surface area (Å²) >= 11 is 14.0. The van der Waals surface area contributed by atoms with E-state index in [1.165, 1.54) is 7.11 Å². The molecule has 0 atom stereocenters. The molecule has 0 fully saturated rings. The molecule has 0 aromatic carbocycles. The van der Waals surface area contributed by atoms with Crippen LogP contribution in [-0.2, 0) is 16.2 Å². The van der Waals surface area contributed by atoms with Gasteiger partial charge in [-0.3, -0.25) is 4.98 Å². The Hall–Kier alpha value is -1.30. The van der Waals surface area contributed by atoms with Crippen molar-refractivity contribution in [1.29, 1.82) is 0 Å². The Bertz CT molecular complexity index is 695. The number of thioether (sulfide) groups is 1. The van der Waals surface area contributed by atoms with Crippen LogP contribution in [0.2, 0.25) is 10.0 Å². The van der Waals surface area contributed by atoms with Gasteiger partial charge in [0.05, 0.1) is 22.8 Å². The first kappa shape index (κ1) is 17.1. The third-order valence-corrected chi connectivity index (χ3v) is 4.85. The van der Waals surface area contributed by atoms with E-state index in [4.69, 9.17) is 27.9 Å². The highest BCUT2D eigenvalue weighted by atomic mass is 35.5. The van der Waals surface area contributed by atoms with E-state index < -0.39 is 5.97 Å². The number of aryl methyl sites for hydroxylation is 1. The number of pyridine rings is 2. The van der Waals surface area contributed by atoms with Crippen LogP contribution < -0.4 is 0 Å². The molecule has 0 spiro atoms. The molecule has 0 bridgehead atoms. The van der Waals surface area contributed by atoms with Crippen molar-refractivity contribution in [2.45, 2.75) is 18.4 Å². The Balaban J connectivity index is 2.10. The number of aromatic nitrogens is 2. The first-order valence-corrected chi connectivity index (χ1v) is 8.35. The predicted molar refractivity (Wildman–Crippen MR) is 89.6 cm³/mol. The van der Waals surface area contributed by atoms with Crippen LogP contribution in [-0.4, -0.2) is 23.0 Å². The molecule has 7 heteroatoms. The molecule has 0 aliphatic rings. The number of hydrogen-bond acceptors (Lipinski definition) is 5. The zero-order chi connectivity index (χ0) is 16.1. The van der Waals surface area contributed by atoms with E-state index in [9.17, 15) is 4.79 Å². The van der Waals surface area contributed by atoms with Gasteiger partial charge in [0.2, 0.25) is 0 Å². The molecule has 2 heterocycles. The van der Waals surface area contributed by atoms with Crippen molar-refractivity contribution >= 4 is 40.9 Å². The van der Waals surface area contributed by atoms with E-state index in [-0.39, 0.29) is 0 Å². The minimum Gasteiger partial charge on any atom is -0.464 e. The molecule has 2 rings (SSSR count). The maximum Gasteiger partial charge on any atom is 0.356 e. The van der Waals surface area contributed by atoms with Crippen molar-refractivity contribution in [3.05, 3.63) is 57.1 Å². The number of ether oxygens (including phenoxy) is 1. The SMILES string of the molecule is COC(=O)c1ncccc1CSCc1c(Cl)cnc(C)c1Cl. The lowest BCUT2D eigenvalue weighted by atomic mass is 10.2. The monoisotopic (exact) mass is 356 g/mol. The van der Waals surface area contributed by atoms with Gasteiger partial charge in [-0.25, -0.2) is 9.78 Å². The summed E-state index contributed by atoms with van der Waals surface area (Å²) in [5.41, 5.74) is 2.75. The Labute approximate surface area is 143 Å². The fourth-order valence-corrected chi connectivity index (χ4v) is 3.54. The van der Waals surface area contributed by atoms with Crippen molar-refractivity contribution in [2.75, 3.05) is 7.11 Å². The van der Waals surface area contributed by atoms with Gasteiger partial charge < -0.3 is 4.74 Å². The minimum absolute atomic E-state index is 0.334. The number of nitrogens with zero attached hydrogens (tertiary/aromatic N) is 2. The van der Waals surface area contributed by atoms with Crippen LogP contribution in [0.15, 0.2) is 24.5 Å². The highest BCUT2D eigenvalue weighted by molar-refractivity contribution is 7.97. The van der Waals surface area contributed by atoms with Crippen LogP contribution in [0, 0.1) is 6.92 Å². The number of methoxy groups -OCH3 is 1. The van der Waals surface area contributed by atoms with Gasteiger partial charge in [-0.2, -0.15) is 11.8 Å². The molecule has 0 aliphatic carbocycles. The van der Waals surface area contributed by atoms with Gasteiger partial charge in [0.15, 0.2) is 5.69 Å². The molecule has 0 saturated heterocycles. The van der Waals surface area contributed by atoms with Gasteiger partial charge in [-0.05, 0) is 18.6 Å². The number of carbonyl (C=O) groups is 1. The summed E-state index contributed by atoms with van der Waals surface area (Å²) in [5, 5.41) is 1.13. The predicted octanol–water partition coefficient (Wildman–Crippen LogP) is 4.31. The van der Waals surface area contributed by atoms with Crippen molar-refractivity contribution in [3.63, 3.8) is 0 Å². The quantitative estimate of drug-likeness (QED) is 0.747. The van der Waals surface area contributed by atoms with Crippen LogP contribution in [0.4, 0.5) is 0 Å². The average Bonchev–Trinajstić information content (AvgIpc) is 2.54. The second-order valence-electron chi connectivity index (χ2n) is 4.48. The van der Waals surface area contributed by atoms with Gasteiger partial charge in [0.1, 0.15) is 0 Å². The van der Waals surface area contributed by atoms with Crippen molar-refractivity contribution in [1.82, 2.24) is 9.97 Å². The normalized spacial score (nSPS) is 10.5. The number of rotatable bonds is 5. The summed E-state index contributed by atoms with van der Waals surface area (Å²) in [5.74, 6) is 0.787. The van der Waals surface area contributed by atoms with Gasteiger partial charge in [0.25, 0.3) is 0 Å². The largest absolute Gasteiger partial charge is 0.464 e. The highest BCUT2D eigenvalue weighted by Gasteiger charge is 2.14. The maximum atomic E-state index is 11.7. The topological polar surface area (TPSA) is 52.1 Å². The van der Waals surface area contributed by atoms with E-state index >= 15 is 0 Å². The summed E-state index contributed by atoms with van der Waals surface area (Å²) in [6, 6.07) is 3.64. The van der Waals surface area contributed by atoms with Crippen LogP contribution in [0.3, 0.4) is 0 Å². The van der Waals surface area contributed by atoms with Gasteiger partial charge >= 0.3 is 5.97 Å². The molecule has 0 amide bonds. The van der Waals surface area contributed by atoms with E-state index in [0.717, 1.165) is 16.8 Å². The fourth-order valence-electron chi connectivity index (χ4n) is 1.84. The highest BCUT2D eigenvalue weighted by Crippen LogP contribution is 2.31. The van der Waals surface area contributed by atoms with Crippen molar-refractivity contribution in [2.24, 2.45) is 0 Å². The Kier molecular flexibility index (Phi) is 6.06. The minimum atomic E-state index is -0.438. The van der Waals surface area contributed by atoms with E-state index in [1.54, 1.807) is 30.2 Å². The number of halogens is 2. The molecule has 22 heavy (non-hydrogen) atoms. The Morgan fingerprint density at radius 3 is 2.82 bits per heavy atom. The lowest BCUT2D eigenvalue weighted by Gasteiger charge is -2.10. The Morgan fingerprint density at radius 1 is 1.32 bits per heavy atom. The zero-order valence-corrected chi connectivity index (χ0v) is 14.4. The fraction of sp³-hybridized carbons (Fsp3) is 0.267. The lowest BCUT2D eigenvalue weighted by molar-refractivity contribution is 0.0593. The van der Waals surface area contributed by atoms with Crippen LogP contribution in [0.1, 0.15) is 27.3 Å². The lowest BCUT2D eigenvalue weighted by Crippen LogP contribution is -2.07. The Morgan fingerprint density at radius 2 is 2.09 bits per heavy atom. The maximum absolute atomic E-state index is 11.7. The average molecular weight is 357 g/mol. The molecule has 0 aliphatic heterocycles. The summed E-state index contributed by atoms with van der Waals surface area (Å²) in [6.45, 7) is 1.84. The molecule has 0 saturated carbocycles. The van der Waals surface area contributed by atoms with E-state index in [1.807, 2.05) is 13.0 Å². The molecular weight excluding hydrogens is 343 g/mol. The van der Waals surface area contributed by atoms with E-state index in [2.05, 4.69) is 9.97 Å². The molecule has 0 radical (unpaired) electrons. The van der Waals surface area contributed by atoms with Crippen molar-refractivity contribution < 1.29 is 9.53 Å². The summed E-state index contributed by atoms with van der Waals surface area (Å²) in [7, 11) is 1.34. The summed E-state index contributed by atoms with van der Waals surface area (Å²) in [6.07, 6.45) is 3.17. The van der Waals surface area contributed by atoms with Crippen LogP contribution >= 0.6 is 35.0 Å². The standard InChI is InChI=1S/C15H14Cl2N2O2S/c1-9-13(17)11(12(16)6-19-9)8-22-7-10-4-3-5-18-14(10)15(20)21-2/h3-6H,7-8H2,1-2H3.